The van der Waals surface area contributed by atoms with Gasteiger partial charge in [-0.15, -0.1) is 0 Å². The van der Waals surface area contributed by atoms with E-state index in [9.17, 15) is 23.1 Å². The predicted octanol–water partition coefficient (Wildman–Crippen LogP) is 3.74. The number of rotatable bonds is 5. The van der Waals surface area contributed by atoms with E-state index in [1.54, 1.807) is 6.07 Å². The third-order valence-corrected chi connectivity index (χ3v) is 6.20. The molecule has 2 aliphatic rings. The smallest absolute Gasteiger partial charge is 0.259 e. The number of halogens is 3. The van der Waals surface area contributed by atoms with Crippen LogP contribution in [0.4, 0.5) is 24.5 Å². The number of anilines is 2. The minimum absolute atomic E-state index is 0.0262. The first-order chi connectivity index (χ1) is 14.8. The first kappa shape index (κ1) is 21.6. The highest BCUT2D eigenvalue weighted by Gasteiger charge is 2.50. The van der Waals surface area contributed by atoms with Gasteiger partial charge in [-0.25, -0.2) is 13.2 Å². The Kier molecular flexibility index (Phi) is 5.94. The zero-order valence-electron chi connectivity index (χ0n) is 17.4. The lowest BCUT2D eigenvalue weighted by Crippen LogP contribution is -2.72. The number of aliphatic hydroxyl groups is 1. The molecule has 1 amide bonds. The summed E-state index contributed by atoms with van der Waals surface area (Å²) in [6.45, 7) is 2.75. The summed E-state index contributed by atoms with van der Waals surface area (Å²) in [6, 6.07) is 6.56. The molecule has 0 saturated carbocycles. The Morgan fingerprint density at radius 2 is 1.90 bits per heavy atom. The molecule has 0 aromatic heterocycles. The number of β-amino-alcohol motifs (C(OH)–C–C–N with tert-alkyl or cyclic N) is 1. The van der Waals surface area contributed by atoms with Crippen molar-refractivity contribution in [1.29, 1.82) is 0 Å². The van der Waals surface area contributed by atoms with Gasteiger partial charge in [0.2, 0.25) is 0 Å². The quantitative estimate of drug-likeness (QED) is 0.672. The van der Waals surface area contributed by atoms with Gasteiger partial charge in [0.25, 0.3) is 5.91 Å². The summed E-state index contributed by atoms with van der Waals surface area (Å²) in [6.07, 6.45) is 3.48. The van der Waals surface area contributed by atoms with Gasteiger partial charge >= 0.3 is 0 Å². The molecule has 0 aliphatic carbocycles. The van der Waals surface area contributed by atoms with Crippen LogP contribution in [0.2, 0.25) is 0 Å². The van der Waals surface area contributed by atoms with Crippen LogP contribution in [-0.4, -0.2) is 47.2 Å². The summed E-state index contributed by atoms with van der Waals surface area (Å²) >= 11 is 0. The monoisotopic (exact) mass is 433 g/mol. The zero-order valence-corrected chi connectivity index (χ0v) is 17.4. The lowest BCUT2D eigenvalue weighted by atomic mass is 9.81. The molecule has 31 heavy (non-hydrogen) atoms. The fraction of sp³-hybridized carbons (Fsp3) is 0.435. The number of piperidine rings is 1. The molecule has 0 radical (unpaired) electrons. The molecule has 5 nitrogen and oxygen atoms in total. The van der Waals surface area contributed by atoms with Gasteiger partial charge in [0.15, 0.2) is 11.6 Å². The number of carbonyl (C=O) groups excluding carboxylic acids is 1. The van der Waals surface area contributed by atoms with E-state index in [0.29, 0.717) is 6.42 Å². The van der Waals surface area contributed by atoms with Crippen LogP contribution in [0.15, 0.2) is 30.3 Å². The topological polar surface area (TPSA) is 64.6 Å². The van der Waals surface area contributed by atoms with Crippen molar-refractivity contribution in [3.8, 4) is 0 Å². The summed E-state index contributed by atoms with van der Waals surface area (Å²) < 4.78 is 43.0. The standard InChI is InChI=1S/C23H26F3N3O2/c1-2-14-6-8-17(16(25)11-14)28-18-9-7-15(24)21(26)20(18)22(30)29-12-23(31,13-29)19-5-3-4-10-27-19/h6-9,11,19,27-28,31H,2-5,10,12-13H2,1H3. The molecule has 0 bridgehead atoms. The van der Waals surface area contributed by atoms with Gasteiger partial charge in [-0.05, 0) is 55.6 Å². The molecule has 4 rings (SSSR count). The summed E-state index contributed by atoms with van der Waals surface area (Å²) in [5, 5.41) is 16.8. The Bertz CT molecular complexity index is 986. The molecule has 1 unspecified atom stereocenters. The summed E-state index contributed by atoms with van der Waals surface area (Å²) in [5.41, 5.74) is -0.768. The highest BCUT2D eigenvalue weighted by molar-refractivity contribution is 6.01. The number of aryl methyl sites for hydroxylation is 1. The molecule has 166 valence electrons. The fourth-order valence-electron chi connectivity index (χ4n) is 4.34. The average molecular weight is 433 g/mol. The van der Waals surface area contributed by atoms with E-state index in [2.05, 4.69) is 10.6 Å². The molecule has 2 fully saturated rings. The summed E-state index contributed by atoms with van der Waals surface area (Å²) in [4.78, 5) is 14.3. The number of nitrogens with zero attached hydrogens (tertiary/aromatic N) is 1. The maximum atomic E-state index is 14.7. The van der Waals surface area contributed by atoms with E-state index in [0.717, 1.165) is 37.4 Å². The fourth-order valence-corrected chi connectivity index (χ4v) is 4.34. The molecule has 2 aromatic rings. The highest BCUT2D eigenvalue weighted by atomic mass is 19.2. The number of amides is 1. The maximum Gasteiger partial charge on any atom is 0.259 e. The number of benzene rings is 2. The minimum Gasteiger partial charge on any atom is -0.385 e. The molecule has 3 N–H and O–H groups in total. The molecule has 2 saturated heterocycles. The number of likely N-dealkylation sites (tertiary alicyclic amines) is 1. The number of hydrogen-bond donors (Lipinski definition) is 3. The second-order valence-electron chi connectivity index (χ2n) is 8.34. The van der Waals surface area contributed by atoms with E-state index in [4.69, 9.17) is 0 Å². The second kappa shape index (κ2) is 8.51. The molecule has 0 spiro atoms. The van der Waals surface area contributed by atoms with Crippen molar-refractivity contribution >= 4 is 17.3 Å². The van der Waals surface area contributed by atoms with E-state index in [-0.39, 0.29) is 30.5 Å². The van der Waals surface area contributed by atoms with Crippen LogP contribution in [-0.2, 0) is 6.42 Å². The van der Waals surface area contributed by atoms with Gasteiger partial charge in [0.05, 0.1) is 24.5 Å². The van der Waals surface area contributed by atoms with Crippen LogP contribution in [0.25, 0.3) is 0 Å². The van der Waals surface area contributed by atoms with Crippen LogP contribution < -0.4 is 10.6 Å². The van der Waals surface area contributed by atoms with Crippen molar-refractivity contribution in [3.63, 3.8) is 0 Å². The van der Waals surface area contributed by atoms with Gasteiger partial charge in [0, 0.05) is 6.04 Å². The Hall–Kier alpha value is -2.58. The van der Waals surface area contributed by atoms with Crippen LogP contribution in [0.3, 0.4) is 0 Å². The first-order valence-corrected chi connectivity index (χ1v) is 10.6. The van der Waals surface area contributed by atoms with Gasteiger partial charge in [0.1, 0.15) is 17.0 Å². The Morgan fingerprint density at radius 3 is 2.55 bits per heavy atom. The van der Waals surface area contributed by atoms with Gasteiger partial charge in [-0.3, -0.25) is 4.79 Å². The van der Waals surface area contributed by atoms with Crippen molar-refractivity contribution < 1.29 is 23.1 Å². The van der Waals surface area contributed by atoms with Crippen LogP contribution in [0.1, 0.15) is 42.1 Å². The largest absolute Gasteiger partial charge is 0.385 e. The second-order valence-corrected chi connectivity index (χ2v) is 8.34. The summed E-state index contributed by atoms with van der Waals surface area (Å²) in [7, 11) is 0. The van der Waals surface area contributed by atoms with Crippen molar-refractivity contribution in [2.45, 2.75) is 44.2 Å². The Balaban J connectivity index is 1.57. The first-order valence-electron chi connectivity index (χ1n) is 10.6. The lowest BCUT2D eigenvalue weighted by Gasteiger charge is -2.51. The third-order valence-electron chi connectivity index (χ3n) is 6.20. The van der Waals surface area contributed by atoms with Crippen LogP contribution >= 0.6 is 0 Å². The number of hydrogen-bond acceptors (Lipinski definition) is 4. The van der Waals surface area contributed by atoms with Crippen molar-refractivity contribution in [2.75, 3.05) is 25.0 Å². The lowest BCUT2D eigenvalue weighted by molar-refractivity contribution is -0.108. The number of nitrogens with one attached hydrogen (secondary N) is 2. The normalized spacial score (nSPS) is 20.3. The van der Waals surface area contributed by atoms with Gasteiger partial charge < -0.3 is 20.6 Å². The molecule has 2 aliphatic heterocycles. The van der Waals surface area contributed by atoms with Gasteiger partial charge in [-0.2, -0.15) is 0 Å². The molecule has 2 aromatic carbocycles. The average Bonchev–Trinajstić information content (AvgIpc) is 2.75. The molecule has 2 heterocycles. The predicted molar refractivity (Wildman–Crippen MR) is 112 cm³/mol. The van der Waals surface area contributed by atoms with Crippen molar-refractivity contribution in [2.24, 2.45) is 0 Å². The SMILES string of the molecule is CCc1ccc(Nc2ccc(F)c(F)c2C(=O)N2CC(O)(C3CCCCN3)C2)c(F)c1. The van der Waals surface area contributed by atoms with E-state index >= 15 is 0 Å². The van der Waals surface area contributed by atoms with Crippen molar-refractivity contribution in [1.82, 2.24) is 10.2 Å². The van der Waals surface area contributed by atoms with E-state index in [1.807, 2.05) is 6.92 Å². The molecular weight excluding hydrogens is 407 g/mol. The van der Waals surface area contributed by atoms with E-state index < -0.39 is 34.5 Å². The minimum atomic E-state index is -1.30. The van der Waals surface area contributed by atoms with Crippen molar-refractivity contribution in [3.05, 3.63) is 58.9 Å². The molecule has 1 atom stereocenters. The summed E-state index contributed by atoms with van der Waals surface area (Å²) in [5.74, 6) is -3.76. The molecule has 8 heteroatoms. The third kappa shape index (κ3) is 4.14. The highest BCUT2D eigenvalue weighted by Crippen LogP contribution is 2.34. The Labute approximate surface area is 179 Å². The van der Waals surface area contributed by atoms with Crippen LogP contribution in [0.5, 0.6) is 0 Å². The van der Waals surface area contributed by atoms with E-state index in [1.165, 1.54) is 23.1 Å². The zero-order chi connectivity index (χ0) is 22.2. The van der Waals surface area contributed by atoms with Gasteiger partial charge in [-0.1, -0.05) is 19.4 Å². The van der Waals surface area contributed by atoms with Crippen LogP contribution in [0, 0.1) is 17.5 Å². The Morgan fingerprint density at radius 1 is 1.16 bits per heavy atom. The number of carbonyl (C=O) groups is 1. The molecular formula is C23H26F3N3O2. The maximum absolute atomic E-state index is 14.7.